The van der Waals surface area contributed by atoms with E-state index in [2.05, 4.69) is 98.6 Å². The normalized spacial score (nSPS) is 18.1. The molecular formula is C53H59N3O5S6. The smallest absolute Gasteiger partial charge is 0.323 e. The van der Waals surface area contributed by atoms with E-state index in [0.29, 0.717) is 14.1 Å². The molecule has 0 spiro atoms. The maximum absolute atomic E-state index is 13.5. The first-order valence-corrected chi connectivity index (χ1v) is 27.6. The Morgan fingerprint density at radius 3 is 2.22 bits per heavy atom. The van der Waals surface area contributed by atoms with Crippen molar-refractivity contribution in [2.75, 3.05) is 24.8 Å². The molecule has 4 heterocycles. The highest BCUT2D eigenvalue weighted by molar-refractivity contribution is 8.26. The molecule has 352 valence electrons. The van der Waals surface area contributed by atoms with Crippen molar-refractivity contribution in [2.24, 2.45) is 5.92 Å². The summed E-state index contributed by atoms with van der Waals surface area (Å²) in [6.07, 6.45) is 23.9. The minimum atomic E-state index is -1.12. The van der Waals surface area contributed by atoms with Crippen molar-refractivity contribution in [3.63, 3.8) is 0 Å². The molecular weight excluding hydrogens is 951 g/mol. The Labute approximate surface area is 423 Å². The number of allylic oxidation sites excluding steroid dienone is 2. The Bertz CT molecular complexity index is 2640. The number of aliphatic carboxylic acids is 1. The van der Waals surface area contributed by atoms with Crippen molar-refractivity contribution < 1.29 is 24.2 Å². The number of rotatable bonds is 21. The third-order valence-corrected chi connectivity index (χ3v) is 17.2. The quantitative estimate of drug-likeness (QED) is 0.0477. The zero-order valence-electron chi connectivity index (χ0n) is 39.0. The monoisotopic (exact) mass is 1010 g/mol. The second-order valence-corrected chi connectivity index (χ2v) is 22.6. The lowest BCUT2D eigenvalue weighted by atomic mass is 9.64. The number of fused-ring (bicyclic) bond motifs is 2. The van der Waals surface area contributed by atoms with E-state index < -0.39 is 18.4 Å². The molecule has 0 bridgehead atoms. The molecule has 2 N–H and O–H groups in total. The molecule has 2 amide bonds. The lowest BCUT2D eigenvalue weighted by molar-refractivity contribution is -0.140. The number of nitrogens with zero attached hydrogens (tertiary/aromatic N) is 2. The lowest BCUT2D eigenvalue weighted by Gasteiger charge is -2.51. The van der Waals surface area contributed by atoms with Gasteiger partial charge in [-0.3, -0.25) is 19.3 Å². The van der Waals surface area contributed by atoms with Crippen LogP contribution in [0, 0.1) is 5.92 Å². The van der Waals surface area contributed by atoms with Gasteiger partial charge < -0.3 is 20.1 Å². The minimum absolute atomic E-state index is 0.0304. The predicted octanol–water partition coefficient (Wildman–Crippen LogP) is 13.9. The average molecular weight is 1010 g/mol. The molecule has 2 atom stereocenters. The first-order valence-electron chi connectivity index (χ1n) is 23.0. The number of amides is 2. The summed E-state index contributed by atoms with van der Waals surface area (Å²) < 4.78 is 6.09. The minimum Gasteiger partial charge on any atom is -0.497 e. The van der Waals surface area contributed by atoms with Gasteiger partial charge in [0.25, 0.3) is 11.8 Å². The molecule has 2 aliphatic heterocycles. The third-order valence-electron chi connectivity index (χ3n) is 12.7. The van der Waals surface area contributed by atoms with Crippen LogP contribution in [0.2, 0.25) is 0 Å². The summed E-state index contributed by atoms with van der Waals surface area (Å²) in [6, 6.07) is 19.8. The number of aryl methyl sites for hydroxylation is 2. The van der Waals surface area contributed by atoms with E-state index in [4.69, 9.17) is 29.2 Å². The maximum atomic E-state index is 13.5. The number of nitrogens with one attached hydrogen (secondary N) is 1. The number of thioether (sulfide) groups is 2. The van der Waals surface area contributed by atoms with Gasteiger partial charge in [-0.1, -0.05) is 127 Å². The number of methoxy groups -OCH3 is 1. The molecule has 1 aliphatic carbocycles. The summed E-state index contributed by atoms with van der Waals surface area (Å²) in [4.78, 5) is 46.8. The number of carboxylic acid groups (broad SMARTS) is 1. The van der Waals surface area contributed by atoms with Crippen molar-refractivity contribution in [1.82, 2.24) is 10.2 Å². The molecule has 8 nitrogen and oxygen atoms in total. The van der Waals surface area contributed by atoms with Crippen molar-refractivity contribution in [3.8, 4) is 16.2 Å². The highest BCUT2D eigenvalue weighted by atomic mass is 32.2. The van der Waals surface area contributed by atoms with Gasteiger partial charge in [-0.15, -0.1) is 34.4 Å². The number of benzene rings is 2. The fraction of sp³-hybridized carbons (Fsp3) is 0.377. The molecule has 2 aromatic carbocycles. The van der Waals surface area contributed by atoms with Gasteiger partial charge in [0.2, 0.25) is 0 Å². The molecule has 67 heavy (non-hydrogen) atoms. The number of thiocarbonyl (C=S) groups is 2. The third kappa shape index (κ3) is 11.6. The molecule has 3 aliphatic rings. The van der Waals surface area contributed by atoms with Crippen molar-refractivity contribution in [3.05, 3.63) is 114 Å². The van der Waals surface area contributed by atoms with Crippen LogP contribution >= 0.6 is 70.6 Å². The summed E-state index contributed by atoms with van der Waals surface area (Å²) in [7, 11) is 1.69. The van der Waals surface area contributed by atoms with E-state index in [-0.39, 0.29) is 23.3 Å². The molecule has 0 saturated carbocycles. The van der Waals surface area contributed by atoms with Crippen LogP contribution in [0.3, 0.4) is 0 Å². The predicted molar refractivity (Wildman–Crippen MR) is 293 cm³/mol. The average Bonchev–Trinajstić information content (AvgIpc) is 4.02. The number of anilines is 2. The van der Waals surface area contributed by atoms with Crippen molar-refractivity contribution in [2.45, 2.75) is 103 Å². The van der Waals surface area contributed by atoms with Crippen LogP contribution < -0.4 is 15.0 Å². The second kappa shape index (κ2) is 22.9. The number of thiophene rings is 2. The molecule has 2 aromatic heterocycles. The lowest BCUT2D eigenvalue weighted by Crippen LogP contribution is -2.50. The standard InChI is InChI=1S/C53H59N3O5S6/c1-7-9-11-13-15-33-25-39(29-45-50(59)54-52(63)67-45)65-48(33)35-17-23-43-41(27-35)53(3,4)42-28-36(18-24-44(42)56(43)37-19-21-38(61-5)22-20-37)49-34(16-14-12-10-8-2)26-40(66-49)30-46(64-6)51(60)55(32-62)31-47(57)58/h17-30,32,41,43H,7-16,31H2,1-6H3,(H,57,58)(H,54,59,63)/b45-29+,46-30+. The number of ether oxygens (including phenoxy) is 1. The van der Waals surface area contributed by atoms with Gasteiger partial charge in [-0.2, -0.15) is 0 Å². The molecule has 7 rings (SSSR count). The van der Waals surface area contributed by atoms with Gasteiger partial charge in [0.1, 0.15) is 16.6 Å². The Balaban J connectivity index is 1.33. The number of hydrogen-bond acceptors (Lipinski definition) is 11. The summed E-state index contributed by atoms with van der Waals surface area (Å²) in [5, 5.41) is 12.2. The van der Waals surface area contributed by atoms with E-state index in [1.54, 1.807) is 29.8 Å². The maximum Gasteiger partial charge on any atom is 0.323 e. The van der Waals surface area contributed by atoms with Gasteiger partial charge in [-0.05, 0) is 120 Å². The largest absolute Gasteiger partial charge is 0.497 e. The summed E-state index contributed by atoms with van der Waals surface area (Å²) in [5.74, 6) is -0.797. The van der Waals surface area contributed by atoms with E-state index in [9.17, 15) is 19.5 Å². The molecule has 0 radical (unpaired) electrons. The fourth-order valence-electron chi connectivity index (χ4n) is 9.22. The van der Waals surface area contributed by atoms with Gasteiger partial charge in [0.05, 0.1) is 28.5 Å². The fourth-order valence-corrected chi connectivity index (χ4v) is 13.4. The number of unbranched alkanes of at least 4 members (excludes halogenated alkanes) is 6. The number of carboxylic acids is 1. The Morgan fingerprint density at radius 1 is 0.940 bits per heavy atom. The Morgan fingerprint density at radius 2 is 1.61 bits per heavy atom. The van der Waals surface area contributed by atoms with Crippen LogP contribution in [0.25, 0.3) is 28.2 Å². The van der Waals surface area contributed by atoms with Crippen LogP contribution in [0.5, 0.6) is 5.75 Å². The second-order valence-electron chi connectivity index (χ2n) is 17.6. The van der Waals surface area contributed by atoms with E-state index >= 15 is 0 Å². The van der Waals surface area contributed by atoms with Crippen molar-refractivity contribution in [1.29, 1.82) is 0 Å². The summed E-state index contributed by atoms with van der Waals surface area (Å²) >= 11 is 16.4. The van der Waals surface area contributed by atoms with Crippen molar-refractivity contribution >= 4 is 127 Å². The van der Waals surface area contributed by atoms with Crippen LogP contribution in [-0.2, 0) is 32.6 Å². The first-order chi connectivity index (χ1) is 32.3. The zero-order valence-corrected chi connectivity index (χ0v) is 43.9. The number of hydrogen-bond donors (Lipinski definition) is 2. The molecule has 1 fully saturated rings. The summed E-state index contributed by atoms with van der Waals surface area (Å²) in [5.41, 5.74) is 9.19. The Hall–Kier alpha value is -4.31. The van der Waals surface area contributed by atoms with Gasteiger partial charge >= 0.3 is 5.97 Å². The van der Waals surface area contributed by atoms with Crippen LogP contribution in [-0.4, -0.2) is 63.6 Å². The van der Waals surface area contributed by atoms with Gasteiger partial charge in [0.15, 0.2) is 0 Å². The first kappa shape index (κ1) is 50.6. The summed E-state index contributed by atoms with van der Waals surface area (Å²) in [6.45, 7) is 8.73. The molecule has 2 unspecified atom stereocenters. The Kier molecular flexibility index (Phi) is 17.3. The van der Waals surface area contributed by atoms with Gasteiger partial charge in [-0.25, -0.2) is 0 Å². The van der Waals surface area contributed by atoms with Gasteiger partial charge in [0, 0.05) is 42.2 Å². The van der Waals surface area contributed by atoms with Crippen LogP contribution in [0.1, 0.15) is 110 Å². The topological polar surface area (TPSA) is 99.2 Å². The van der Waals surface area contributed by atoms with E-state index in [1.165, 1.54) is 81.2 Å². The van der Waals surface area contributed by atoms with Crippen LogP contribution in [0.4, 0.5) is 11.4 Å². The van der Waals surface area contributed by atoms with Crippen LogP contribution in [0.15, 0.2) is 82.6 Å². The van der Waals surface area contributed by atoms with E-state index in [0.717, 1.165) is 81.4 Å². The number of carbonyl (C=O) groups excluding carboxylic acids is 2. The highest BCUT2D eigenvalue weighted by Crippen LogP contribution is 2.54. The zero-order chi connectivity index (χ0) is 47.8. The molecule has 4 aromatic rings. The van der Waals surface area contributed by atoms with E-state index in [1.807, 2.05) is 30.5 Å². The number of carbonyl (C=O) groups is 3. The molecule has 14 heteroatoms. The highest BCUT2D eigenvalue weighted by Gasteiger charge is 2.46. The SMILES string of the molecule is CCCCCCc1cc(/C=C2/SC(=S)NC2=O)sc1C1=CC2C(C=C1)N(c1ccc(OC)cc1)c1ccc(-c3sc(/C=C(/SC)C(=O)N(C=S)CC(=O)O)cc3CCCCCC)cc1C2(C)C. The molecule has 1 saturated heterocycles.